The molecule has 1 saturated heterocycles. The quantitative estimate of drug-likeness (QED) is 0.339. The molecule has 2 bridgehead atoms. The molecule has 20 heteroatoms. The van der Waals surface area contributed by atoms with E-state index in [4.69, 9.17) is 14.2 Å². The lowest BCUT2D eigenvalue weighted by Crippen LogP contribution is -2.61. The van der Waals surface area contributed by atoms with E-state index in [1.807, 2.05) is 4.72 Å². The molecule has 0 spiro atoms. The summed E-state index contributed by atoms with van der Waals surface area (Å²) in [5.74, 6) is -9.90. The lowest BCUT2D eigenvalue weighted by Gasteiger charge is -2.36. The van der Waals surface area contributed by atoms with Gasteiger partial charge in [-0.05, 0) is 62.0 Å². The molecular weight excluding hydrogens is 793 g/mol. The molecule has 15 nitrogen and oxygen atoms in total. The van der Waals surface area contributed by atoms with Crippen LogP contribution in [0.5, 0.6) is 11.6 Å². The summed E-state index contributed by atoms with van der Waals surface area (Å²) in [4.78, 5) is 65.6. The predicted octanol–water partition coefficient (Wildman–Crippen LogP) is 4.18. The van der Waals surface area contributed by atoms with Gasteiger partial charge < -0.3 is 29.7 Å². The van der Waals surface area contributed by atoms with Crippen LogP contribution in [0.15, 0.2) is 18.2 Å². The fourth-order valence-electron chi connectivity index (χ4n) is 7.99. The number of nitrogens with zero attached hydrogens (tertiary/aromatic N) is 3. The molecule has 318 valence electrons. The molecule has 4 amide bonds. The number of aromatic nitrogens is 2. The van der Waals surface area contributed by atoms with Crippen LogP contribution in [0.25, 0.3) is 11.0 Å². The molecule has 4 fully saturated rings. The van der Waals surface area contributed by atoms with E-state index in [1.54, 1.807) is 26.8 Å². The zero-order valence-corrected chi connectivity index (χ0v) is 33.5. The lowest BCUT2D eigenvalue weighted by molar-refractivity contribution is -0.143. The molecule has 8 atom stereocenters. The fraction of sp³-hybridized carbons (Fsp3) is 0.684. The summed E-state index contributed by atoms with van der Waals surface area (Å²) in [6.45, 7) is 6.02. The third kappa shape index (κ3) is 8.21. The van der Waals surface area contributed by atoms with Crippen LogP contribution >= 0.6 is 0 Å². The van der Waals surface area contributed by atoms with Gasteiger partial charge in [0.15, 0.2) is 5.69 Å². The van der Waals surface area contributed by atoms with Gasteiger partial charge in [0.25, 0.3) is 11.8 Å². The van der Waals surface area contributed by atoms with E-state index in [-0.39, 0.29) is 36.2 Å². The molecule has 0 radical (unpaired) electrons. The molecule has 5 aliphatic rings. The number of alkyl carbamates (subject to hydrolysis) is 1. The topological polar surface area (TPSA) is 195 Å². The number of carbonyl (C=O) groups is 4. The normalized spacial score (nSPS) is 31.4. The molecule has 7 rings (SSSR count). The number of methoxy groups -OCH3 is 1. The molecule has 58 heavy (non-hydrogen) atoms. The summed E-state index contributed by atoms with van der Waals surface area (Å²) >= 11 is 0. The van der Waals surface area contributed by atoms with Gasteiger partial charge in [0.1, 0.15) is 35.6 Å². The van der Waals surface area contributed by atoms with Crippen LogP contribution in [0, 0.1) is 23.2 Å². The highest BCUT2D eigenvalue weighted by molar-refractivity contribution is 7.91. The highest BCUT2D eigenvalue weighted by Crippen LogP contribution is 2.49. The maximum atomic E-state index is 16.2. The van der Waals surface area contributed by atoms with Crippen LogP contribution in [0.1, 0.15) is 84.8 Å². The predicted molar refractivity (Wildman–Crippen MR) is 197 cm³/mol. The Morgan fingerprint density at radius 1 is 1.05 bits per heavy atom. The van der Waals surface area contributed by atoms with Gasteiger partial charge in [-0.1, -0.05) is 34.1 Å². The summed E-state index contributed by atoms with van der Waals surface area (Å²) < 4.78 is 105. The summed E-state index contributed by atoms with van der Waals surface area (Å²) in [5.41, 5.74) is -3.82. The molecule has 3 aliphatic carbocycles. The molecule has 1 aromatic heterocycles. The van der Waals surface area contributed by atoms with E-state index < -0.39 is 129 Å². The third-order valence-corrected chi connectivity index (χ3v) is 13.7. The van der Waals surface area contributed by atoms with Crippen molar-refractivity contribution < 1.29 is 59.4 Å². The number of hydrogen-bond donors (Lipinski definition) is 3. The molecule has 0 unspecified atom stereocenters. The standard InChI is InChI=1S/C38H48F4N6O9S/c1-18-26-17-48(27(18)31(49)46-37(16-22(37)30(39)40)34(51)47-58(53,54)21-10-11-21)33(50)29(36(2,3)4)45-35(52)57-25-14-19(25)8-6-7-13-38(41,42)28-32(56-26)44-24-15-20(55-5)9-12-23(24)43-28/h9,12,15,18-19,21-22,25-27,29-30H,6-8,10-11,13-14,16-17H2,1-5H3,(H,45,52)(H,46,49)(H,47,51)/t18-,19-,22+,25-,26+,27+,29-,37-/m1/s1. The van der Waals surface area contributed by atoms with Gasteiger partial charge in [0, 0.05) is 18.4 Å². The Bertz CT molecular complexity index is 2100. The van der Waals surface area contributed by atoms with Gasteiger partial charge in [0.05, 0.1) is 35.9 Å². The lowest BCUT2D eigenvalue weighted by atomic mass is 9.85. The Morgan fingerprint density at radius 3 is 2.41 bits per heavy atom. The first kappa shape index (κ1) is 41.7. The van der Waals surface area contributed by atoms with Crippen molar-refractivity contribution >= 4 is 44.9 Å². The van der Waals surface area contributed by atoms with Crippen LogP contribution in [-0.2, 0) is 35.1 Å². The molecule has 3 N–H and O–H groups in total. The first-order valence-corrected chi connectivity index (χ1v) is 21.0. The molecule has 3 heterocycles. The second-order valence-corrected chi connectivity index (χ2v) is 19.3. The summed E-state index contributed by atoms with van der Waals surface area (Å²) in [6, 6.07) is 1.56. The maximum Gasteiger partial charge on any atom is 0.408 e. The number of ether oxygens (including phenoxy) is 3. The van der Waals surface area contributed by atoms with Crippen molar-refractivity contribution in [1.29, 1.82) is 0 Å². The van der Waals surface area contributed by atoms with Crippen LogP contribution in [-0.4, -0.2) is 102 Å². The molecule has 2 aromatic rings. The summed E-state index contributed by atoms with van der Waals surface area (Å²) in [5, 5.41) is 4.12. The third-order valence-electron chi connectivity index (χ3n) is 11.9. The van der Waals surface area contributed by atoms with Gasteiger partial charge in [-0.25, -0.2) is 32.0 Å². The Balaban J connectivity index is 1.28. The molecular formula is C38H48F4N6O9S. The molecule has 2 aliphatic heterocycles. The minimum atomic E-state index is -4.21. The number of rotatable bonds is 7. The molecule has 3 saturated carbocycles. The average molecular weight is 841 g/mol. The van der Waals surface area contributed by atoms with Crippen molar-refractivity contribution in [3.05, 3.63) is 23.9 Å². The van der Waals surface area contributed by atoms with Gasteiger partial charge in [-0.15, -0.1) is 0 Å². The number of carbonyl (C=O) groups excluding carboxylic acids is 4. The van der Waals surface area contributed by atoms with Gasteiger partial charge in [-0.3, -0.25) is 19.1 Å². The van der Waals surface area contributed by atoms with E-state index in [2.05, 4.69) is 20.6 Å². The van der Waals surface area contributed by atoms with Crippen LogP contribution in [0.2, 0.25) is 0 Å². The number of hydrogen-bond acceptors (Lipinski definition) is 11. The van der Waals surface area contributed by atoms with E-state index in [9.17, 15) is 36.4 Å². The van der Waals surface area contributed by atoms with Gasteiger partial charge >= 0.3 is 6.09 Å². The van der Waals surface area contributed by atoms with Crippen molar-refractivity contribution in [3.8, 4) is 11.6 Å². The average Bonchev–Trinajstić information content (AvgIpc) is 4.04. The van der Waals surface area contributed by atoms with Crippen LogP contribution in [0.3, 0.4) is 0 Å². The first-order chi connectivity index (χ1) is 27.1. The largest absolute Gasteiger partial charge is 0.497 e. The minimum absolute atomic E-state index is 0.0621. The van der Waals surface area contributed by atoms with E-state index >= 15 is 8.78 Å². The number of sulfonamides is 1. The second-order valence-electron chi connectivity index (χ2n) is 17.3. The smallest absolute Gasteiger partial charge is 0.408 e. The van der Waals surface area contributed by atoms with Crippen molar-refractivity contribution in [2.24, 2.45) is 23.2 Å². The monoisotopic (exact) mass is 840 g/mol. The van der Waals surface area contributed by atoms with E-state index in [0.29, 0.717) is 25.0 Å². The SMILES string of the molecule is COc1ccc2nc3c(nc2c1)O[C@H]1CN(C(=O)[C@H](C(C)(C)C)NC(=O)O[C@@H]2C[C@H]2CCCCC3(F)F)[C@H](C(=O)N[C@]2(C(=O)NS(=O)(=O)C3CC3)C[C@H]2C(F)F)[C@@H]1C. The Morgan fingerprint density at radius 2 is 1.78 bits per heavy atom. The Labute approximate surface area is 332 Å². The highest BCUT2D eigenvalue weighted by Gasteiger charge is 2.67. The Hall–Kier alpha value is -4.49. The number of halogens is 4. The first-order valence-electron chi connectivity index (χ1n) is 19.5. The summed E-state index contributed by atoms with van der Waals surface area (Å²) in [7, 11) is -2.79. The van der Waals surface area contributed by atoms with Crippen molar-refractivity contribution in [3.63, 3.8) is 0 Å². The van der Waals surface area contributed by atoms with Crippen molar-refractivity contribution in [2.75, 3.05) is 13.7 Å². The summed E-state index contributed by atoms with van der Waals surface area (Å²) in [6.07, 6.45) is -4.89. The number of amides is 4. The number of fused-ring (bicyclic) bond motifs is 5. The van der Waals surface area contributed by atoms with Gasteiger partial charge in [0.2, 0.25) is 34.1 Å². The highest BCUT2D eigenvalue weighted by atomic mass is 32.2. The van der Waals surface area contributed by atoms with E-state index in [1.165, 1.54) is 26.2 Å². The zero-order valence-electron chi connectivity index (χ0n) is 32.7. The van der Waals surface area contributed by atoms with Crippen LogP contribution in [0.4, 0.5) is 22.4 Å². The minimum Gasteiger partial charge on any atom is -0.497 e. The van der Waals surface area contributed by atoms with Crippen molar-refractivity contribution in [1.82, 2.24) is 30.2 Å². The Kier molecular flexibility index (Phi) is 10.7. The zero-order chi connectivity index (χ0) is 42.1. The maximum absolute atomic E-state index is 16.2. The number of benzene rings is 1. The van der Waals surface area contributed by atoms with Crippen LogP contribution < -0.4 is 24.8 Å². The molecule has 1 aromatic carbocycles. The van der Waals surface area contributed by atoms with Crippen molar-refractivity contribution in [2.45, 2.75) is 126 Å². The number of nitrogens with one attached hydrogen (secondary N) is 3. The number of alkyl halides is 4. The fourth-order valence-corrected chi connectivity index (χ4v) is 9.36. The second kappa shape index (κ2) is 15.0. The van der Waals surface area contributed by atoms with Gasteiger partial charge in [-0.2, -0.15) is 8.78 Å². The van der Waals surface area contributed by atoms with E-state index in [0.717, 1.165) is 4.90 Å².